The van der Waals surface area contributed by atoms with Crippen molar-refractivity contribution in [2.45, 2.75) is 37.3 Å². The summed E-state index contributed by atoms with van der Waals surface area (Å²) in [4.78, 5) is 12.1. The molecule has 6 atom stereocenters. The van der Waals surface area contributed by atoms with E-state index in [0.29, 0.717) is 17.7 Å². The van der Waals surface area contributed by atoms with Gasteiger partial charge < -0.3 is 19.7 Å². The first-order chi connectivity index (χ1) is 11.5. The third-order valence-corrected chi connectivity index (χ3v) is 7.66. The molecule has 2 bridgehead atoms. The van der Waals surface area contributed by atoms with Crippen molar-refractivity contribution < 1.29 is 14.4 Å². The van der Waals surface area contributed by atoms with E-state index in [4.69, 9.17) is 0 Å². The Morgan fingerprint density at radius 1 is 1.42 bits per heavy atom. The molecule has 4 aliphatic rings. The minimum Gasteiger partial charge on any atom is -0.506 e. The molecule has 0 aromatic heterocycles. The number of fused-ring (bicyclic) bond motifs is 2. The molecule has 126 valence electrons. The Morgan fingerprint density at radius 2 is 2.25 bits per heavy atom. The van der Waals surface area contributed by atoms with Crippen LogP contribution in [-0.2, 0) is 10.2 Å². The SMILES string of the molecule is C/C=C1\C[N@+]2(C)CC[C@]34c5cccc(O)c5N[C@H]3[C@@H](C=O)[C@H]1C[C@H]42. The van der Waals surface area contributed by atoms with Gasteiger partial charge in [-0.15, -0.1) is 0 Å². The number of aromatic hydroxyl groups is 1. The summed E-state index contributed by atoms with van der Waals surface area (Å²) in [7, 11) is 2.39. The second-order valence-corrected chi connectivity index (χ2v) is 8.41. The van der Waals surface area contributed by atoms with Gasteiger partial charge >= 0.3 is 0 Å². The molecule has 3 fully saturated rings. The minimum atomic E-state index is -0.00975. The predicted octanol–water partition coefficient (Wildman–Crippen LogP) is 2.44. The number of carbonyl (C=O) groups excluding carboxylic acids is 1. The first-order valence-corrected chi connectivity index (χ1v) is 9.09. The Bertz CT molecular complexity index is 773. The number of aldehydes is 1. The molecule has 1 aromatic carbocycles. The monoisotopic (exact) mass is 325 g/mol. The number of piperidine rings is 1. The number of anilines is 1. The van der Waals surface area contributed by atoms with Gasteiger partial charge in [0.1, 0.15) is 24.6 Å². The fourth-order valence-corrected chi connectivity index (χ4v) is 6.66. The van der Waals surface area contributed by atoms with Crippen LogP contribution in [0.1, 0.15) is 25.3 Å². The first kappa shape index (κ1) is 14.5. The van der Waals surface area contributed by atoms with Crippen LogP contribution < -0.4 is 5.32 Å². The average molecular weight is 325 g/mol. The molecule has 0 unspecified atom stereocenters. The van der Waals surface area contributed by atoms with Crippen LogP contribution in [0.3, 0.4) is 0 Å². The molecule has 1 spiro atoms. The standard InChI is InChI=1S/C20H24N2O2/c1-3-12-10-22(2)8-7-20-15-5-4-6-16(24)18(15)21-19(20)14(11-23)13(12)9-17(20)22/h3-6,11,13-14,17,19,21H,7-10H2,1-2H3/p+1/b12-3+/t13-,14-,17+,19-,20+,22-/m0/s1. The van der Waals surface area contributed by atoms with Crippen molar-refractivity contribution in [3.8, 4) is 5.75 Å². The van der Waals surface area contributed by atoms with Crippen molar-refractivity contribution in [2.75, 3.05) is 25.5 Å². The Morgan fingerprint density at radius 3 is 3.00 bits per heavy atom. The van der Waals surface area contributed by atoms with Crippen molar-refractivity contribution in [1.29, 1.82) is 0 Å². The van der Waals surface area contributed by atoms with Crippen LogP contribution in [0.2, 0.25) is 0 Å². The molecule has 4 nitrogen and oxygen atoms in total. The second-order valence-electron chi connectivity index (χ2n) is 8.41. The van der Waals surface area contributed by atoms with Crippen LogP contribution >= 0.6 is 0 Å². The van der Waals surface area contributed by atoms with Crippen LogP contribution in [-0.4, -0.2) is 48.1 Å². The van der Waals surface area contributed by atoms with Gasteiger partial charge in [-0.3, -0.25) is 0 Å². The van der Waals surface area contributed by atoms with E-state index in [0.717, 1.165) is 36.1 Å². The third kappa shape index (κ3) is 1.43. The fourth-order valence-electron chi connectivity index (χ4n) is 6.66. The number of allylic oxidation sites excluding steroid dienone is 1. The largest absolute Gasteiger partial charge is 0.506 e. The summed E-state index contributed by atoms with van der Waals surface area (Å²) in [6.45, 7) is 4.33. The number of nitrogens with one attached hydrogen (secondary N) is 1. The normalized spacial score (nSPS) is 46.3. The van der Waals surface area contributed by atoms with Crippen molar-refractivity contribution in [2.24, 2.45) is 11.8 Å². The Balaban J connectivity index is 1.76. The van der Waals surface area contributed by atoms with E-state index < -0.39 is 0 Å². The summed E-state index contributed by atoms with van der Waals surface area (Å²) in [5.41, 5.74) is 3.55. The summed E-state index contributed by atoms with van der Waals surface area (Å²) in [5.74, 6) is 0.665. The lowest BCUT2D eigenvalue weighted by Gasteiger charge is -2.55. The molecule has 0 amide bonds. The van der Waals surface area contributed by atoms with Crippen LogP contribution in [0, 0.1) is 11.8 Å². The molecule has 3 heterocycles. The predicted molar refractivity (Wildman–Crippen MR) is 92.9 cm³/mol. The van der Waals surface area contributed by atoms with Gasteiger partial charge in [0, 0.05) is 24.7 Å². The molecule has 1 saturated carbocycles. The first-order valence-electron chi connectivity index (χ1n) is 9.09. The van der Waals surface area contributed by atoms with E-state index in [1.807, 2.05) is 6.07 Å². The van der Waals surface area contributed by atoms with Crippen molar-refractivity contribution in [3.05, 3.63) is 35.4 Å². The van der Waals surface area contributed by atoms with Crippen molar-refractivity contribution in [3.63, 3.8) is 0 Å². The second kappa shape index (κ2) is 4.42. The van der Waals surface area contributed by atoms with E-state index in [2.05, 4.69) is 31.4 Å². The number of hydrogen-bond donors (Lipinski definition) is 2. The minimum absolute atomic E-state index is 0.00824. The molecule has 1 aliphatic carbocycles. The van der Waals surface area contributed by atoms with E-state index in [1.54, 1.807) is 6.07 Å². The maximum atomic E-state index is 12.1. The molecule has 5 rings (SSSR count). The van der Waals surface area contributed by atoms with Crippen LogP contribution in [0.15, 0.2) is 29.8 Å². The molecule has 1 aromatic rings. The Labute approximate surface area is 142 Å². The topological polar surface area (TPSA) is 49.3 Å². The highest BCUT2D eigenvalue weighted by Crippen LogP contribution is 2.63. The van der Waals surface area contributed by atoms with E-state index in [1.165, 1.54) is 17.4 Å². The van der Waals surface area contributed by atoms with Gasteiger partial charge in [0.15, 0.2) is 0 Å². The van der Waals surface area contributed by atoms with Crippen molar-refractivity contribution in [1.82, 2.24) is 0 Å². The third-order valence-electron chi connectivity index (χ3n) is 7.66. The summed E-state index contributed by atoms with van der Waals surface area (Å²) < 4.78 is 1.08. The highest BCUT2D eigenvalue weighted by atomic mass is 16.3. The smallest absolute Gasteiger partial charge is 0.138 e. The zero-order valence-corrected chi connectivity index (χ0v) is 14.3. The highest BCUT2D eigenvalue weighted by Gasteiger charge is 2.71. The molecule has 2 N–H and O–H groups in total. The molecular formula is C20H25N2O2+. The van der Waals surface area contributed by atoms with Crippen LogP contribution in [0.4, 0.5) is 5.69 Å². The zero-order valence-electron chi connectivity index (χ0n) is 14.3. The molecule has 24 heavy (non-hydrogen) atoms. The number of carbonyl (C=O) groups is 1. The maximum absolute atomic E-state index is 12.1. The number of para-hydroxylation sites is 1. The van der Waals surface area contributed by atoms with Gasteiger partial charge in [0.25, 0.3) is 0 Å². The van der Waals surface area contributed by atoms with Gasteiger partial charge in [0.05, 0.1) is 30.7 Å². The van der Waals surface area contributed by atoms with Gasteiger partial charge in [-0.25, -0.2) is 0 Å². The average Bonchev–Trinajstić information content (AvgIpc) is 3.09. The molecule has 2 saturated heterocycles. The van der Waals surface area contributed by atoms with Gasteiger partial charge in [-0.2, -0.15) is 0 Å². The number of hydrogen-bond acceptors (Lipinski definition) is 3. The number of benzene rings is 1. The molecule has 4 heteroatoms. The Kier molecular flexibility index (Phi) is 2.68. The van der Waals surface area contributed by atoms with Crippen LogP contribution in [0.25, 0.3) is 0 Å². The number of likely N-dealkylation sites (N-methyl/N-ethyl adjacent to an activating group) is 1. The number of quaternary nitrogens is 1. The van der Waals surface area contributed by atoms with Gasteiger partial charge in [0.2, 0.25) is 0 Å². The number of nitrogens with zero attached hydrogens (tertiary/aromatic N) is 1. The summed E-state index contributed by atoms with van der Waals surface area (Å²) in [6, 6.07) is 6.52. The quantitative estimate of drug-likeness (QED) is 0.361. The number of phenols is 1. The Hall–Kier alpha value is -1.81. The molecule has 3 aliphatic heterocycles. The van der Waals surface area contributed by atoms with Gasteiger partial charge in [-0.05, 0) is 24.1 Å². The van der Waals surface area contributed by atoms with E-state index >= 15 is 0 Å². The summed E-state index contributed by atoms with van der Waals surface area (Å²) in [5, 5.41) is 14.0. The van der Waals surface area contributed by atoms with Crippen molar-refractivity contribution >= 4 is 12.0 Å². The number of phenolic OH excluding ortho intramolecular Hbond substituents is 1. The van der Waals surface area contributed by atoms with Gasteiger partial charge in [-0.1, -0.05) is 18.2 Å². The lowest BCUT2D eigenvalue weighted by atomic mass is 9.55. The molecular weight excluding hydrogens is 300 g/mol. The van der Waals surface area contributed by atoms with Crippen LogP contribution in [0.5, 0.6) is 5.75 Å². The zero-order chi connectivity index (χ0) is 16.7. The van der Waals surface area contributed by atoms with E-state index in [9.17, 15) is 9.90 Å². The number of rotatable bonds is 1. The summed E-state index contributed by atoms with van der Waals surface area (Å²) in [6.07, 6.45) is 5.61. The highest BCUT2D eigenvalue weighted by molar-refractivity contribution is 5.74. The maximum Gasteiger partial charge on any atom is 0.138 e. The molecule has 0 radical (unpaired) electrons. The lowest BCUT2D eigenvalue weighted by Crippen LogP contribution is -2.67. The fraction of sp³-hybridized carbons (Fsp3) is 0.550. The summed E-state index contributed by atoms with van der Waals surface area (Å²) >= 11 is 0. The van der Waals surface area contributed by atoms with E-state index in [-0.39, 0.29) is 17.4 Å². The lowest BCUT2D eigenvalue weighted by molar-refractivity contribution is -0.924.